The number of anilines is 3. The van der Waals surface area contributed by atoms with Crippen molar-refractivity contribution in [3.05, 3.63) is 53.6 Å². The molecule has 1 saturated heterocycles. The number of rotatable bonds is 7. The molecule has 1 aliphatic heterocycles. The van der Waals surface area contributed by atoms with Crippen LogP contribution in [-0.2, 0) is 9.59 Å². The van der Waals surface area contributed by atoms with Crippen LogP contribution in [0.5, 0.6) is 0 Å². The van der Waals surface area contributed by atoms with Crippen molar-refractivity contribution >= 4 is 40.5 Å². The van der Waals surface area contributed by atoms with Gasteiger partial charge in [0, 0.05) is 35.2 Å². The van der Waals surface area contributed by atoms with Crippen molar-refractivity contribution in [1.82, 2.24) is 0 Å². The normalized spacial score (nSPS) is 14.6. The number of hydrogen-bond acceptors (Lipinski definition) is 3. The summed E-state index contributed by atoms with van der Waals surface area (Å²) in [6.07, 6.45) is 2.47. The fraction of sp³-hybridized carbons (Fsp3) is 0.333. The minimum atomic E-state index is -0.150. The Morgan fingerprint density at radius 2 is 1.36 bits per heavy atom. The van der Waals surface area contributed by atoms with E-state index in [0.29, 0.717) is 10.7 Å². The molecule has 0 saturated carbocycles. The SMILES string of the molecule is C[NH+](CC(=O)Nc1ccc(Cl)cc1)CC(=O)Nc1ccc(N2CCCC2)cc1. The van der Waals surface area contributed by atoms with Crippen LogP contribution in [0.2, 0.25) is 5.02 Å². The lowest BCUT2D eigenvalue weighted by atomic mass is 10.2. The molecule has 0 aliphatic carbocycles. The van der Waals surface area contributed by atoms with Gasteiger partial charge in [0.15, 0.2) is 13.1 Å². The van der Waals surface area contributed by atoms with E-state index >= 15 is 0 Å². The molecule has 148 valence electrons. The van der Waals surface area contributed by atoms with E-state index < -0.39 is 0 Å². The molecule has 7 heteroatoms. The van der Waals surface area contributed by atoms with E-state index in [0.717, 1.165) is 23.7 Å². The molecule has 0 bridgehead atoms. The number of likely N-dealkylation sites (N-methyl/N-ethyl adjacent to an activating group) is 1. The van der Waals surface area contributed by atoms with Crippen LogP contribution in [0.15, 0.2) is 48.5 Å². The van der Waals surface area contributed by atoms with Crippen molar-refractivity contribution < 1.29 is 14.5 Å². The third-order valence-corrected chi connectivity index (χ3v) is 4.93. The molecule has 28 heavy (non-hydrogen) atoms. The molecule has 2 aromatic carbocycles. The lowest BCUT2D eigenvalue weighted by molar-refractivity contribution is -0.862. The zero-order chi connectivity index (χ0) is 19.9. The van der Waals surface area contributed by atoms with Gasteiger partial charge in [0.2, 0.25) is 0 Å². The molecule has 2 aromatic rings. The van der Waals surface area contributed by atoms with E-state index in [1.165, 1.54) is 18.5 Å². The number of hydrogen-bond donors (Lipinski definition) is 3. The van der Waals surface area contributed by atoms with Crippen molar-refractivity contribution in [2.24, 2.45) is 0 Å². The number of carbonyl (C=O) groups is 2. The summed E-state index contributed by atoms with van der Waals surface area (Å²) in [6, 6.07) is 14.9. The van der Waals surface area contributed by atoms with Crippen LogP contribution in [0.25, 0.3) is 0 Å². The van der Waals surface area contributed by atoms with Gasteiger partial charge in [-0.3, -0.25) is 9.59 Å². The molecule has 6 nitrogen and oxygen atoms in total. The summed E-state index contributed by atoms with van der Waals surface area (Å²) in [4.78, 5) is 27.5. The van der Waals surface area contributed by atoms with Crippen molar-refractivity contribution in [3.8, 4) is 0 Å². The Hall–Kier alpha value is -2.57. The Kier molecular flexibility index (Phi) is 6.90. The summed E-state index contributed by atoms with van der Waals surface area (Å²) in [7, 11) is 1.82. The lowest BCUT2D eigenvalue weighted by Crippen LogP contribution is -3.11. The zero-order valence-electron chi connectivity index (χ0n) is 16.0. The minimum absolute atomic E-state index is 0.120. The molecule has 3 rings (SSSR count). The third-order valence-electron chi connectivity index (χ3n) is 4.67. The second kappa shape index (κ2) is 9.57. The van der Waals surface area contributed by atoms with Crippen molar-refractivity contribution in [2.75, 3.05) is 48.8 Å². The predicted octanol–water partition coefficient (Wildman–Crippen LogP) is 2.03. The summed E-state index contributed by atoms with van der Waals surface area (Å²) >= 11 is 5.83. The van der Waals surface area contributed by atoms with Gasteiger partial charge in [0.25, 0.3) is 11.8 Å². The topological polar surface area (TPSA) is 65.9 Å². The first-order valence-corrected chi connectivity index (χ1v) is 9.89. The molecule has 0 aromatic heterocycles. The quantitative estimate of drug-likeness (QED) is 0.665. The number of halogens is 1. The second-order valence-corrected chi connectivity index (χ2v) is 7.59. The summed E-state index contributed by atoms with van der Waals surface area (Å²) in [5, 5.41) is 6.31. The van der Waals surface area contributed by atoms with E-state index in [9.17, 15) is 9.59 Å². The molecular formula is C21H26ClN4O2+. The molecule has 2 amide bonds. The highest BCUT2D eigenvalue weighted by molar-refractivity contribution is 6.30. The van der Waals surface area contributed by atoms with Crippen LogP contribution in [0.3, 0.4) is 0 Å². The molecule has 0 spiro atoms. The van der Waals surface area contributed by atoms with Crippen LogP contribution in [0.1, 0.15) is 12.8 Å². The smallest absolute Gasteiger partial charge is 0.279 e. The third kappa shape index (κ3) is 5.97. The molecule has 1 atom stereocenters. The highest BCUT2D eigenvalue weighted by Crippen LogP contribution is 2.21. The highest BCUT2D eigenvalue weighted by atomic mass is 35.5. The first-order valence-electron chi connectivity index (χ1n) is 9.51. The van der Waals surface area contributed by atoms with Crippen LogP contribution < -0.4 is 20.4 Å². The van der Waals surface area contributed by atoms with Gasteiger partial charge in [-0.15, -0.1) is 0 Å². The second-order valence-electron chi connectivity index (χ2n) is 7.15. The Morgan fingerprint density at radius 1 is 0.893 bits per heavy atom. The van der Waals surface area contributed by atoms with Gasteiger partial charge in [-0.2, -0.15) is 0 Å². The Balaban J connectivity index is 1.43. The van der Waals surface area contributed by atoms with Gasteiger partial charge in [0.1, 0.15) is 0 Å². The number of nitrogens with zero attached hydrogens (tertiary/aromatic N) is 1. The standard InChI is InChI=1S/C21H25ClN4O2/c1-25(14-20(27)23-17-6-4-16(22)5-7-17)15-21(28)24-18-8-10-19(11-9-18)26-12-2-3-13-26/h4-11H,2-3,12-15H2,1H3,(H,23,27)(H,24,28)/p+1. The summed E-state index contributed by atoms with van der Waals surface area (Å²) < 4.78 is 0. The van der Waals surface area contributed by atoms with Gasteiger partial charge in [-0.1, -0.05) is 11.6 Å². The van der Waals surface area contributed by atoms with E-state index in [2.05, 4.69) is 15.5 Å². The summed E-state index contributed by atoms with van der Waals surface area (Å²) in [5.41, 5.74) is 2.65. The van der Waals surface area contributed by atoms with Gasteiger partial charge in [0.05, 0.1) is 7.05 Å². The highest BCUT2D eigenvalue weighted by Gasteiger charge is 2.15. The fourth-order valence-electron chi connectivity index (χ4n) is 3.29. The molecule has 1 aliphatic rings. The van der Waals surface area contributed by atoms with Crippen molar-refractivity contribution in [3.63, 3.8) is 0 Å². The van der Waals surface area contributed by atoms with Crippen LogP contribution in [-0.4, -0.2) is 45.0 Å². The number of amides is 2. The minimum Gasteiger partial charge on any atom is -0.372 e. The number of carbonyl (C=O) groups excluding carboxylic acids is 2. The van der Waals surface area contributed by atoms with E-state index in [1.807, 2.05) is 31.3 Å². The van der Waals surface area contributed by atoms with Crippen LogP contribution in [0, 0.1) is 0 Å². The first kappa shape index (κ1) is 20.2. The molecule has 1 fully saturated rings. The van der Waals surface area contributed by atoms with Gasteiger partial charge in [-0.05, 0) is 61.4 Å². The first-order chi connectivity index (χ1) is 13.5. The van der Waals surface area contributed by atoms with Gasteiger partial charge in [-0.25, -0.2) is 0 Å². The summed E-state index contributed by atoms with van der Waals surface area (Å²) in [5.74, 6) is -0.270. The molecular weight excluding hydrogens is 376 g/mol. The Morgan fingerprint density at radius 3 is 1.86 bits per heavy atom. The average Bonchev–Trinajstić information content (AvgIpc) is 3.18. The van der Waals surface area contributed by atoms with Crippen LogP contribution >= 0.6 is 11.6 Å². The molecule has 1 unspecified atom stereocenters. The maximum absolute atomic E-state index is 12.3. The fourth-order valence-corrected chi connectivity index (χ4v) is 3.41. The maximum Gasteiger partial charge on any atom is 0.279 e. The van der Waals surface area contributed by atoms with E-state index in [4.69, 9.17) is 11.6 Å². The van der Waals surface area contributed by atoms with Crippen LogP contribution in [0.4, 0.5) is 17.1 Å². The largest absolute Gasteiger partial charge is 0.372 e. The lowest BCUT2D eigenvalue weighted by Gasteiger charge is -2.18. The summed E-state index contributed by atoms with van der Waals surface area (Å²) in [6.45, 7) is 2.60. The molecule has 3 N–H and O–H groups in total. The maximum atomic E-state index is 12.3. The van der Waals surface area contributed by atoms with Gasteiger partial charge >= 0.3 is 0 Å². The number of benzene rings is 2. The molecule has 1 heterocycles. The number of nitrogens with one attached hydrogen (secondary N) is 3. The van der Waals surface area contributed by atoms with Crippen molar-refractivity contribution in [1.29, 1.82) is 0 Å². The Labute approximate surface area is 170 Å². The van der Waals surface area contributed by atoms with E-state index in [-0.39, 0.29) is 24.9 Å². The average molecular weight is 402 g/mol. The monoisotopic (exact) mass is 401 g/mol. The predicted molar refractivity (Wildman–Crippen MR) is 113 cm³/mol. The number of quaternary nitrogens is 1. The Bertz CT molecular complexity index is 802. The van der Waals surface area contributed by atoms with Gasteiger partial charge < -0.3 is 20.4 Å². The molecule has 0 radical (unpaired) electrons. The van der Waals surface area contributed by atoms with E-state index in [1.54, 1.807) is 24.3 Å². The van der Waals surface area contributed by atoms with Crippen molar-refractivity contribution in [2.45, 2.75) is 12.8 Å². The zero-order valence-corrected chi connectivity index (χ0v) is 16.8.